The largest absolute Gasteiger partial charge is 0.368 e. The molecule has 9 heteroatoms. The van der Waals surface area contributed by atoms with Crippen molar-refractivity contribution in [2.45, 2.75) is 6.42 Å². The van der Waals surface area contributed by atoms with Gasteiger partial charge in [-0.05, 0) is 42.3 Å². The molecule has 0 unspecified atom stereocenters. The summed E-state index contributed by atoms with van der Waals surface area (Å²) in [7, 11) is 0. The Kier molecular flexibility index (Phi) is 5.83. The van der Waals surface area contributed by atoms with Crippen LogP contribution in [0, 0.1) is 23.3 Å². The third kappa shape index (κ3) is 4.43. The summed E-state index contributed by atoms with van der Waals surface area (Å²) in [4.78, 5) is 12.0. The van der Waals surface area contributed by atoms with E-state index in [1.54, 1.807) is 18.2 Å². The summed E-state index contributed by atoms with van der Waals surface area (Å²) in [6.07, 6.45) is 0.433. The second kappa shape index (κ2) is 8.47. The molecule has 0 aliphatic rings. The number of anilines is 2. The molecule has 1 heterocycles. The molecule has 0 spiro atoms. The minimum Gasteiger partial charge on any atom is -0.368 e. The van der Waals surface area contributed by atoms with E-state index in [1.165, 1.54) is 18.2 Å². The number of rotatable bonds is 6. The van der Waals surface area contributed by atoms with E-state index < -0.39 is 28.9 Å². The van der Waals surface area contributed by atoms with Crippen LogP contribution in [-0.4, -0.2) is 22.6 Å². The molecule has 5 nitrogen and oxygen atoms in total. The highest BCUT2D eigenvalue weighted by Gasteiger charge is 2.19. The number of amides is 1. The number of benzene rings is 2. The standard InChI is InChI=1S/C19H14F4N4O/c20-13-4-2-1-3-11(13)9-10-24-15-7-8-16(27-26-15)25-19(28)12-5-6-14(21)18(23)17(12)22/h1-8H,9-10H2,(H,24,26)(H,25,27,28). The van der Waals surface area contributed by atoms with Gasteiger partial charge < -0.3 is 10.6 Å². The van der Waals surface area contributed by atoms with Gasteiger partial charge in [-0.2, -0.15) is 0 Å². The van der Waals surface area contributed by atoms with Gasteiger partial charge in [0.25, 0.3) is 5.91 Å². The van der Waals surface area contributed by atoms with Gasteiger partial charge >= 0.3 is 0 Å². The maximum Gasteiger partial charge on any atom is 0.259 e. The van der Waals surface area contributed by atoms with Crippen molar-refractivity contribution in [1.82, 2.24) is 10.2 Å². The van der Waals surface area contributed by atoms with E-state index in [2.05, 4.69) is 20.8 Å². The first-order valence-corrected chi connectivity index (χ1v) is 8.21. The molecule has 144 valence electrons. The highest BCUT2D eigenvalue weighted by atomic mass is 19.2. The molecule has 0 fully saturated rings. The number of carbonyl (C=O) groups is 1. The third-order valence-electron chi connectivity index (χ3n) is 3.84. The quantitative estimate of drug-likeness (QED) is 0.494. The van der Waals surface area contributed by atoms with E-state index in [1.807, 2.05) is 0 Å². The van der Waals surface area contributed by atoms with Crippen molar-refractivity contribution in [3.05, 3.63) is 82.9 Å². The Hall–Kier alpha value is -3.49. The van der Waals surface area contributed by atoms with Crippen LogP contribution in [0.25, 0.3) is 0 Å². The number of nitrogens with zero attached hydrogens (tertiary/aromatic N) is 2. The van der Waals surface area contributed by atoms with Crippen molar-refractivity contribution in [1.29, 1.82) is 0 Å². The maximum absolute atomic E-state index is 13.6. The Labute approximate surface area is 157 Å². The molecule has 2 N–H and O–H groups in total. The topological polar surface area (TPSA) is 66.9 Å². The Morgan fingerprint density at radius 2 is 1.54 bits per heavy atom. The fourth-order valence-corrected chi connectivity index (χ4v) is 2.40. The number of halogens is 4. The lowest BCUT2D eigenvalue weighted by Gasteiger charge is -2.08. The Bertz CT molecular complexity index is 996. The summed E-state index contributed by atoms with van der Waals surface area (Å²) >= 11 is 0. The molecule has 0 saturated carbocycles. The number of nitrogens with one attached hydrogen (secondary N) is 2. The SMILES string of the molecule is O=C(Nc1ccc(NCCc2ccccc2F)nn1)c1ccc(F)c(F)c1F. The van der Waals surface area contributed by atoms with E-state index in [4.69, 9.17) is 0 Å². The van der Waals surface area contributed by atoms with Crippen LogP contribution < -0.4 is 10.6 Å². The van der Waals surface area contributed by atoms with Crippen LogP contribution in [0.2, 0.25) is 0 Å². The fourth-order valence-electron chi connectivity index (χ4n) is 2.40. The van der Waals surface area contributed by atoms with Crippen LogP contribution in [0.15, 0.2) is 48.5 Å². The van der Waals surface area contributed by atoms with Crippen LogP contribution in [-0.2, 0) is 6.42 Å². The van der Waals surface area contributed by atoms with Crippen LogP contribution in [0.3, 0.4) is 0 Å². The molecule has 0 bridgehead atoms. The smallest absolute Gasteiger partial charge is 0.259 e. The van der Waals surface area contributed by atoms with E-state index in [0.717, 1.165) is 6.07 Å². The first kappa shape index (κ1) is 19.3. The van der Waals surface area contributed by atoms with E-state index in [9.17, 15) is 22.4 Å². The number of aromatic nitrogens is 2. The predicted molar refractivity (Wildman–Crippen MR) is 94.9 cm³/mol. The lowest BCUT2D eigenvalue weighted by molar-refractivity contribution is 0.102. The highest BCUT2D eigenvalue weighted by Crippen LogP contribution is 2.17. The van der Waals surface area contributed by atoms with Crippen molar-refractivity contribution < 1.29 is 22.4 Å². The van der Waals surface area contributed by atoms with E-state index in [0.29, 0.717) is 30.4 Å². The van der Waals surface area contributed by atoms with Crippen molar-refractivity contribution in [3.8, 4) is 0 Å². The van der Waals surface area contributed by atoms with Crippen molar-refractivity contribution >= 4 is 17.5 Å². The van der Waals surface area contributed by atoms with Gasteiger partial charge in [0.15, 0.2) is 23.3 Å². The zero-order valence-electron chi connectivity index (χ0n) is 14.3. The molecule has 0 radical (unpaired) electrons. The Balaban J connectivity index is 1.58. The molecule has 0 aliphatic heterocycles. The molecule has 0 saturated heterocycles. The minimum atomic E-state index is -1.73. The highest BCUT2D eigenvalue weighted by molar-refractivity contribution is 6.03. The average Bonchev–Trinajstić information content (AvgIpc) is 2.69. The van der Waals surface area contributed by atoms with Crippen molar-refractivity contribution in [2.24, 2.45) is 0 Å². The first-order valence-electron chi connectivity index (χ1n) is 8.21. The van der Waals surface area contributed by atoms with Gasteiger partial charge in [-0.15, -0.1) is 10.2 Å². The molecular weight excluding hydrogens is 376 g/mol. The summed E-state index contributed by atoms with van der Waals surface area (Å²) in [5, 5.41) is 12.8. The van der Waals surface area contributed by atoms with Crippen molar-refractivity contribution in [3.63, 3.8) is 0 Å². The Morgan fingerprint density at radius 1 is 0.821 bits per heavy atom. The van der Waals surface area contributed by atoms with Gasteiger partial charge in [0.2, 0.25) is 0 Å². The van der Waals surface area contributed by atoms with Gasteiger partial charge in [0.1, 0.15) is 11.6 Å². The summed E-state index contributed by atoms with van der Waals surface area (Å²) in [5.74, 6) is -5.62. The molecule has 3 rings (SSSR count). The lowest BCUT2D eigenvalue weighted by atomic mass is 10.1. The molecule has 2 aromatic carbocycles. The second-order valence-electron chi connectivity index (χ2n) is 5.75. The normalized spacial score (nSPS) is 10.6. The molecule has 1 aromatic heterocycles. The maximum atomic E-state index is 13.6. The first-order chi connectivity index (χ1) is 13.5. The van der Waals surface area contributed by atoms with Gasteiger partial charge in [-0.1, -0.05) is 18.2 Å². The predicted octanol–water partition coefficient (Wildman–Crippen LogP) is 3.94. The summed E-state index contributed by atoms with van der Waals surface area (Å²) < 4.78 is 53.3. The molecule has 1 amide bonds. The fraction of sp³-hybridized carbons (Fsp3) is 0.105. The lowest BCUT2D eigenvalue weighted by Crippen LogP contribution is -2.16. The van der Waals surface area contributed by atoms with E-state index in [-0.39, 0.29) is 11.6 Å². The van der Waals surface area contributed by atoms with Gasteiger partial charge in [-0.3, -0.25) is 4.79 Å². The van der Waals surface area contributed by atoms with Crippen LogP contribution in [0.5, 0.6) is 0 Å². The second-order valence-corrected chi connectivity index (χ2v) is 5.75. The summed E-state index contributed by atoms with van der Waals surface area (Å²) in [6, 6.07) is 10.8. The van der Waals surface area contributed by atoms with Crippen LogP contribution in [0.4, 0.5) is 29.2 Å². The minimum absolute atomic E-state index is 0.00575. The zero-order valence-corrected chi connectivity index (χ0v) is 14.3. The summed E-state index contributed by atoms with van der Waals surface area (Å²) in [5.41, 5.74) is -0.104. The van der Waals surface area contributed by atoms with Gasteiger partial charge in [0.05, 0.1) is 5.56 Å². The monoisotopic (exact) mass is 390 g/mol. The van der Waals surface area contributed by atoms with Crippen molar-refractivity contribution in [2.75, 3.05) is 17.2 Å². The number of hydrogen-bond donors (Lipinski definition) is 2. The molecule has 0 aliphatic carbocycles. The van der Waals surface area contributed by atoms with Crippen LogP contribution in [0.1, 0.15) is 15.9 Å². The van der Waals surface area contributed by atoms with Crippen LogP contribution >= 0.6 is 0 Å². The molecular formula is C19H14F4N4O. The molecule has 28 heavy (non-hydrogen) atoms. The number of hydrogen-bond acceptors (Lipinski definition) is 4. The zero-order chi connectivity index (χ0) is 20.1. The van der Waals surface area contributed by atoms with Gasteiger partial charge in [-0.25, -0.2) is 17.6 Å². The van der Waals surface area contributed by atoms with Gasteiger partial charge in [0, 0.05) is 6.54 Å². The Morgan fingerprint density at radius 3 is 2.25 bits per heavy atom. The number of carbonyl (C=O) groups excluding carboxylic acids is 1. The molecule has 3 aromatic rings. The van der Waals surface area contributed by atoms with E-state index >= 15 is 0 Å². The average molecular weight is 390 g/mol. The molecule has 0 atom stereocenters. The summed E-state index contributed by atoms with van der Waals surface area (Å²) in [6.45, 7) is 0.404. The third-order valence-corrected chi connectivity index (χ3v) is 3.84.